The van der Waals surface area contributed by atoms with Gasteiger partial charge in [-0.2, -0.15) is 0 Å². The lowest BCUT2D eigenvalue weighted by Crippen LogP contribution is -2.31. The lowest BCUT2D eigenvalue weighted by molar-refractivity contribution is -0.124. The Morgan fingerprint density at radius 2 is 1.86 bits per heavy atom. The second-order valence-corrected chi connectivity index (χ2v) is 6.36. The summed E-state index contributed by atoms with van der Waals surface area (Å²) in [4.78, 5) is 26.1. The number of anilines is 1. The molecular weight excluding hydrogens is 372 g/mol. The van der Waals surface area contributed by atoms with Crippen molar-refractivity contribution in [2.75, 3.05) is 31.6 Å². The molecule has 29 heavy (non-hydrogen) atoms. The number of hydrogen-bond donors (Lipinski definition) is 1. The molecule has 8 heteroatoms. The van der Waals surface area contributed by atoms with Crippen LogP contribution in [0, 0.1) is 0 Å². The van der Waals surface area contributed by atoms with Gasteiger partial charge in [-0.25, -0.2) is 4.79 Å². The summed E-state index contributed by atoms with van der Waals surface area (Å²) in [6, 6.07) is 16.5. The van der Waals surface area contributed by atoms with Gasteiger partial charge in [0.15, 0.2) is 6.61 Å². The number of ether oxygens (including phenoxy) is 1. The van der Waals surface area contributed by atoms with Gasteiger partial charge in [-0.05, 0) is 42.8 Å². The minimum Gasteiger partial charge on any atom is -0.452 e. The number of carbonyl (C=O) groups excluding carboxylic acids is 2. The van der Waals surface area contributed by atoms with Gasteiger partial charge >= 0.3 is 5.97 Å². The zero-order chi connectivity index (χ0) is 20.5. The molecule has 3 rings (SSSR count). The average Bonchev–Trinajstić information content (AvgIpc) is 3.30. The normalized spacial score (nSPS) is 10.4. The van der Waals surface area contributed by atoms with Gasteiger partial charge < -0.3 is 19.4 Å². The molecule has 0 aliphatic heterocycles. The van der Waals surface area contributed by atoms with Gasteiger partial charge in [0.05, 0.1) is 5.56 Å². The third kappa shape index (κ3) is 5.90. The van der Waals surface area contributed by atoms with E-state index >= 15 is 0 Å². The van der Waals surface area contributed by atoms with Gasteiger partial charge in [0, 0.05) is 31.4 Å². The quantitative estimate of drug-likeness (QED) is 0.440. The molecule has 0 fully saturated rings. The molecule has 3 aromatic rings. The predicted molar refractivity (Wildman–Crippen MR) is 107 cm³/mol. The molecule has 0 bridgehead atoms. The zero-order valence-electron chi connectivity index (χ0n) is 16.1. The topological polar surface area (TPSA) is 97.6 Å². The van der Waals surface area contributed by atoms with Crippen molar-refractivity contribution in [3.8, 4) is 11.5 Å². The number of carbonyl (C=O) groups is 2. The summed E-state index contributed by atoms with van der Waals surface area (Å²) in [5, 5.41) is 10.2. The first-order chi connectivity index (χ1) is 14.1. The van der Waals surface area contributed by atoms with Crippen LogP contribution < -0.4 is 10.2 Å². The number of nitrogens with zero attached hydrogens (tertiary/aromatic N) is 3. The van der Waals surface area contributed by atoms with Gasteiger partial charge in [-0.15, -0.1) is 10.2 Å². The minimum absolute atomic E-state index is 0.321. The average molecular weight is 394 g/mol. The highest BCUT2D eigenvalue weighted by atomic mass is 16.5. The third-order valence-corrected chi connectivity index (χ3v) is 4.25. The van der Waals surface area contributed by atoms with E-state index in [1.807, 2.05) is 37.4 Å². The van der Waals surface area contributed by atoms with Gasteiger partial charge in [0.25, 0.3) is 5.91 Å². The smallest absolute Gasteiger partial charge is 0.338 e. The zero-order valence-corrected chi connectivity index (χ0v) is 16.1. The van der Waals surface area contributed by atoms with E-state index in [4.69, 9.17) is 9.15 Å². The van der Waals surface area contributed by atoms with Crippen molar-refractivity contribution >= 4 is 17.6 Å². The monoisotopic (exact) mass is 394 g/mol. The Morgan fingerprint density at radius 3 is 2.55 bits per heavy atom. The lowest BCUT2D eigenvalue weighted by atomic mass is 10.1. The van der Waals surface area contributed by atoms with E-state index in [0.29, 0.717) is 23.6 Å². The summed E-state index contributed by atoms with van der Waals surface area (Å²) in [5.74, 6) is -0.536. The molecule has 0 aliphatic carbocycles. The maximum Gasteiger partial charge on any atom is 0.338 e. The number of amides is 1. The van der Waals surface area contributed by atoms with E-state index in [2.05, 4.69) is 20.4 Å². The van der Waals surface area contributed by atoms with E-state index < -0.39 is 5.97 Å². The summed E-state index contributed by atoms with van der Waals surface area (Å²) in [7, 11) is 2.00. The van der Waals surface area contributed by atoms with Crippen molar-refractivity contribution in [3.05, 3.63) is 66.6 Å². The van der Waals surface area contributed by atoms with Crippen LogP contribution in [0.15, 0.2) is 65.4 Å². The van der Waals surface area contributed by atoms with E-state index in [-0.39, 0.29) is 12.5 Å². The molecule has 8 nitrogen and oxygen atoms in total. The molecule has 1 heterocycles. The number of hydrogen-bond acceptors (Lipinski definition) is 7. The third-order valence-electron chi connectivity index (χ3n) is 4.25. The SMILES string of the molecule is CN(CCCNC(=O)COC(=O)c1ccc(-c2nnco2)cc1)c1ccccc1. The standard InChI is InChI=1S/C21H22N4O4/c1-25(18-6-3-2-4-7-18)13-5-12-22-19(26)14-28-21(27)17-10-8-16(9-11-17)20-24-23-15-29-20/h2-4,6-11,15H,5,12-14H2,1H3,(H,22,26). The highest BCUT2D eigenvalue weighted by Gasteiger charge is 2.11. The molecule has 0 spiro atoms. The lowest BCUT2D eigenvalue weighted by Gasteiger charge is -2.19. The van der Waals surface area contributed by atoms with Crippen LogP contribution in [0.1, 0.15) is 16.8 Å². The van der Waals surface area contributed by atoms with Gasteiger partial charge in [0.2, 0.25) is 12.3 Å². The molecule has 2 aromatic carbocycles. The Bertz CT molecular complexity index is 912. The highest BCUT2D eigenvalue weighted by molar-refractivity contribution is 5.91. The van der Waals surface area contributed by atoms with Crippen LogP contribution in [-0.2, 0) is 9.53 Å². The van der Waals surface area contributed by atoms with Crippen molar-refractivity contribution in [3.63, 3.8) is 0 Å². The van der Waals surface area contributed by atoms with Gasteiger partial charge in [-0.1, -0.05) is 18.2 Å². The Kier molecular flexibility index (Phi) is 6.94. The second-order valence-electron chi connectivity index (χ2n) is 6.36. The molecule has 1 N–H and O–H groups in total. The van der Waals surface area contributed by atoms with Crippen LogP contribution >= 0.6 is 0 Å². The van der Waals surface area contributed by atoms with E-state index in [9.17, 15) is 9.59 Å². The van der Waals surface area contributed by atoms with Crippen molar-refractivity contribution in [1.29, 1.82) is 0 Å². The molecule has 0 saturated carbocycles. The molecule has 0 radical (unpaired) electrons. The summed E-state index contributed by atoms with van der Waals surface area (Å²) in [6.45, 7) is 0.988. The van der Waals surface area contributed by atoms with Crippen molar-refractivity contribution in [1.82, 2.24) is 15.5 Å². The Morgan fingerprint density at radius 1 is 1.10 bits per heavy atom. The maximum absolute atomic E-state index is 12.1. The van der Waals surface area contributed by atoms with Crippen molar-refractivity contribution < 1.29 is 18.7 Å². The molecule has 0 unspecified atom stereocenters. The van der Waals surface area contributed by atoms with Crippen molar-refractivity contribution in [2.24, 2.45) is 0 Å². The highest BCUT2D eigenvalue weighted by Crippen LogP contribution is 2.17. The minimum atomic E-state index is -0.568. The maximum atomic E-state index is 12.1. The number of esters is 1. The number of aromatic nitrogens is 2. The first-order valence-corrected chi connectivity index (χ1v) is 9.20. The number of nitrogens with one attached hydrogen (secondary N) is 1. The van der Waals surface area contributed by atoms with Crippen LogP contribution in [0.2, 0.25) is 0 Å². The summed E-state index contributed by atoms with van der Waals surface area (Å²) >= 11 is 0. The second kappa shape index (κ2) is 10.0. The first-order valence-electron chi connectivity index (χ1n) is 9.20. The van der Waals surface area contributed by atoms with E-state index in [1.165, 1.54) is 6.39 Å². The molecular formula is C21H22N4O4. The summed E-state index contributed by atoms with van der Waals surface area (Å²) < 4.78 is 10.1. The Balaban J connectivity index is 1.35. The molecule has 0 atom stereocenters. The van der Waals surface area contributed by atoms with Gasteiger partial charge in [0.1, 0.15) is 0 Å². The number of para-hydroxylation sites is 1. The molecule has 150 valence electrons. The molecule has 0 saturated heterocycles. The summed E-state index contributed by atoms with van der Waals surface area (Å²) in [5.41, 5.74) is 2.15. The number of rotatable bonds is 9. The molecule has 1 aromatic heterocycles. The first kappa shape index (κ1) is 20.1. The van der Waals surface area contributed by atoms with Crippen LogP contribution in [-0.4, -0.2) is 48.8 Å². The van der Waals surface area contributed by atoms with Crippen molar-refractivity contribution in [2.45, 2.75) is 6.42 Å². The summed E-state index contributed by atoms with van der Waals surface area (Å²) in [6.07, 6.45) is 2.01. The van der Waals surface area contributed by atoms with E-state index in [0.717, 1.165) is 18.7 Å². The van der Waals surface area contributed by atoms with Crippen LogP contribution in [0.3, 0.4) is 0 Å². The van der Waals surface area contributed by atoms with Crippen LogP contribution in [0.25, 0.3) is 11.5 Å². The predicted octanol–water partition coefficient (Wildman–Crippen LogP) is 2.54. The number of benzene rings is 2. The fraction of sp³-hybridized carbons (Fsp3) is 0.238. The van der Waals surface area contributed by atoms with Gasteiger partial charge in [-0.3, -0.25) is 4.79 Å². The molecule has 0 aliphatic rings. The fourth-order valence-corrected chi connectivity index (χ4v) is 2.67. The molecule has 1 amide bonds. The largest absolute Gasteiger partial charge is 0.452 e. The Labute approximate surface area is 168 Å². The fourth-order valence-electron chi connectivity index (χ4n) is 2.67. The van der Waals surface area contributed by atoms with E-state index in [1.54, 1.807) is 24.3 Å². The van der Waals surface area contributed by atoms with Crippen LogP contribution in [0.5, 0.6) is 0 Å². The Hall–Kier alpha value is -3.68. The van der Waals surface area contributed by atoms with Crippen LogP contribution in [0.4, 0.5) is 5.69 Å².